The maximum Gasteiger partial charge on any atom is 0.296 e. The quantitative estimate of drug-likeness (QED) is 0.255. The molecule has 0 atom stereocenters. The molecule has 0 spiro atoms. The zero-order valence-corrected chi connectivity index (χ0v) is 15.3. The van der Waals surface area contributed by atoms with Crippen molar-refractivity contribution in [2.75, 3.05) is 6.16 Å². The van der Waals surface area contributed by atoms with E-state index in [1.165, 1.54) is 0 Å². The lowest BCUT2D eigenvalue weighted by Gasteiger charge is -2.19. The molecule has 3 rings (SSSR count). The van der Waals surface area contributed by atoms with E-state index in [4.69, 9.17) is 9.05 Å². The average molecular weight is 365 g/mol. The molecule has 0 heterocycles. The summed E-state index contributed by atoms with van der Waals surface area (Å²) in [5.41, 5.74) is 2.46. The molecule has 0 aliphatic heterocycles. The normalized spacial score (nSPS) is 11.4. The second-order valence-electron chi connectivity index (χ2n) is 5.66. The van der Waals surface area contributed by atoms with Gasteiger partial charge < -0.3 is 14.3 Å². The monoisotopic (exact) mass is 365 g/mol. The van der Waals surface area contributed by atoms with Crippen molar-refractivity contribution >= 4 is 14.1 Å². The summed E-state index contributed by atoms with van der Waals surface area (Å²) in [5.74, 6) is 1.44. The van der Waals surface area contributed by atoms with Gasteiger partial charge in [0.25, 0.3) is 8.38 Å². The summed E-state index contributed by atoms with van der Waals surface area (Å²) in [6.45, 7) is 1.99. The van der Waals surface area contributed by atoms with Crippen LogP contribution in [0, 0.1) is 6.92 Å². The fourth-order valence-electron chi connectivity index (χ4n) is 2.47. The number of benzene rings is 3. The first-order chi connectivity index (χ1) is 12.8. The maximum absolute atomic E-state index is 9.57. The molecule has 0 radical (unpaired) electrons. The van der Waals surface area contributed by atoms with Crippen LogP contribution in [0.4, 0.5) is 0 Å². The Hall–Kier alpha value is -2.84. The lowest BCUT2D eigenvalue weighted by Crippen LogP contribution is -2.12. The van der Waals surface area contributed by atoms with Gasteiger partial charge in [-0.1, -0.05) is 65.8 Å². The van der Waals surface area contributed by atoms with E-state index in [0.717, 1.165) is 22.6 Å². The third-order valence-corrected chi connectivity index (χ3v) is 5.14. The number of hydrogen-bond donors (Lipinski definition) is 1. The van der Waals surface area contributed by atoms with E-state index in [1.807, 2.05) is 91.9 Å². The first-order valence-corrected chi connectivity index (χ1v) is 9.63. The maximum atomic E-state index is 9.57. The number of hydrogen-bond acceptors (Lipinski definition) is 4. The largest absolute Gasteiger partial charge is 0.438 e. The van der Waals surface area contributed by atoms with E-state index in [2.05, 4.69) is 5.16 Å². The highest BCUT2D eigenvalue weighted by Crippen LogP contribution is 2.41. The van der Waals surface area contributed by atoms with Crippen molar-refractivity contribution < 1.29 is 14.3 Å². The van der Waals surface area contributed by atoms with Gasteiger partial charge in [0.1, 0.15) is 11.5 Å². The predicted octanol–water partition coefficient (Wildman–Crippen LogP) is 5.64. The zero-order chi connectivity index (χ0) is 18.2. The van der Waals surface area contributed by atoms with Crippen LogP contribution < -0.4 is 9.05 Å². The number of nitrogens with zero attached hydrogens (tertiary/aromatic N) is 1. The first kappa shape index (κ1) is 18.0. The van der Waals surface area contributed by atoms with Crippen molar-refractivity contribution in [2.45, 2.75) is 6.92 Å². The molecule has 0 saturated heterocycles. The van der Waals surface area contributed by atoms with Gasteiger partial charge >= 0.3 is 0 Å². The third kappa shape index (κ3) is 4.84. The second kappa shape index (κ2) is 9.02. The summed E-state index contributed by atoms with van der Waals surface area (Å²) < 4.78 is 12.1. The van der Waals surface area contributed by atoms with Crippen molar-refractivity contribution in [3.8, 4) is 11.5 Å². The van der Waals surface area contributed by atoms with Gasteiger partial charge in [-0.15, -0.1) is 0 Å². The lowest BCUT2D eigenvalue weighted by atomic mass is 10.1. The summed E-state index contributed by atoms with van der Waals surface area (Å²) in [6, 6.07) is 26.8. The summed E-state index contributed by atoms with van der Waals surface area (Å²) in [6.07, 6.45) is 0.362. The van der Waals surface area contributed by atoms with Gasteiger partial charge in [0.05, 0.1) is 11.9 Å². The Kier molecular flexibility index (Phi) is 6.24. The fraction of sp³-hybridized carbons (Fsp3) is 0.0952. The second-order valence-corrected chi connectivity index (χ2v) is 7.01. The van der Waals surface area contributed by atoms with Crippen LogP contribution in [0.25, 0.3) is 0 Å². The molecule has 5 heteroatoms. The highest BCUT2D eigenvalue weighted by molar-refractivity contribution is 7.49. The Morgan fingerprint density at radius 2 is 1.31 bits per heavy atom. The summed E-state index contributed by atoms with van der Waals surface area (Å²) >= 11 is 0. The molecule has 3 aromatic rings. The van der Waals surface area contributed by atoms with Crippen LogP contribution in [0.1, 0.15) is 11.1 Å². The van der Waals surface area contributed by atoms with E-state index < -0.39 is 8.38 Å². The lowest BCUT2D eigenvalue weighted by molar-refractivity contribution is 0.319. The SMILES string of the molecule is Cc1ccccc1C(CP(Oc1ccccc1)Oc1ccccc1)=NO. The van der Waals surface area contributed by atoms with Crippen molar-refractivity contribution in [3.63, 3.8) is 0 Å². The Bertz CT molecular complexity index is 812. The number of para-hydroxylation sites is 2. The van der Waals surface area contributed by atoms with E-state index in [0.29, 0.717) is 11.9 Å². The van der Waals surface area contributed by atoms with Gasteiger partial charge in [-0.25, -0.2) is 0 Å². The predicted molar refractivity (Wildman–Crippen MR) is 105 cm³/mol. The molecular formula is C21H20NO3P. The molecular weight excluding hydrogens is 345 g/mol. The van der Waals surface area contributed by atoms with Gasteiger partial charge in [-0.05, 0) is 36.8 Å². The fourth-order valence-corrected chi connectivity index (χ4v) is 3.83. The Morgan fingerprint density at radius 1 is 0.808 bits per heavy atom. The minimum absolute atomic E-state index is 0.362. The Labute approximate surface area is 154 Å². The van der Waals surface area contributed by atoms with Crippen molar-refractivity contribution in [1.82, 2.24) is 0 Å². The molecule has 0 aliphatic rings. The Morgan fingerprint density at radius 3 is 1.81 bits per heavy atom. The molecule has 26 heavy (non-hydrogen) atoms. The number of rotatable bonds is 7. The van der Waals surface area contributed by atoms with Crippen LogP contribution >= 0.6 is 8.38 Å². The molecule has 0 aromatic heterocycles. The summed E-state index contributed by atoms with van der Waals surface area (Å²) in [5, 5.41) is 13.1. The molecule has 0 aliphatic carbocycles. The van der Waals surface area contributed by atoms with E-state index in [9.17, 15) is 5.21 Å². The molecule has 1 N–H and O–H groups in total. The van der Waals surface area contributed by atoms with Gasteiger partial charge in [0.15, 0.2) is 0 Å². The first-order valence-electron chi connectivity index (χ1n) is 8.27. The van der Waals surface area contributed by atoms with Crippen LogP contribution in [-0.4, -0.2) is 17.1 Å². The van der Waals surface area contributed by atoms with Crippen LogP contribution in [0.2, 0.25) is 0 Å². The highest BCUT2D eigenvalue weighted by atomic mass is 31.2. The molecule has 4 nitrogen and oxygen atoms in total. The Balaban J connectivity index is 1.83. The highest BCUT2D eigenvalue weighted by Gasteiger charge is 2.21. The minimum Gasteiger partial charge on any atom is -0.438 e. The van der Waals surface area contributed by atoms with Crippen LogP contribution in [-0.2, 0) is 0 Å². The average Bonchev–Trinajstić information content (AvgIpc) is 2.68. The smallest absolute Gasteiger partial charge is 0.296 e. The molecule has 132 valence electrons. The van der Waals surface area contributed by atoms with Gasteiger partial charge in [-0.3, -0.25) is 0 Å². The molecule has 0 unspecified atom stereocenters. The van der Waals surface area contributed by atoms with E-state index in [1.54, 1.807) is 0 Å². The van der Waals surface area contributed by atoms with Crippen LogP contribution in [0.15, 0.2) is 90.1 Å². The summed E-state index contributed by atoms with van der Waals surface area (Å²) in [4.78, 5) is 0. The standard InChI is InChI=1S/C21H20NO3P/c1-17-10-8-9-15-20(17)21(22-23)16-26(24-18-11-4-2-5-12-18)25-19-13-6-3-7-14-19/h2-15,23H,16H2,1H3. The van der Waals surface area contributed by atoms with E-state index in [-0.39, 0.29) is 0 Å². The van der Waals surface area contributed by atoms with Crippen molar-refractivity contribution in [3.05, 3.63) is 96.1 Å². The van der Waals surface area contributed by atoms with Crippen LogP contribution in [0.3, 0.4) is 0 Å². The van der Waals surface area contributed by atoms with E-state index >= 15 is 0 Å². The van der Waals surface area contributed by atoms with Gasteiger partial charge in [-0.2, -0.15) is 0 Å². The minimum atomic E-state index is -1.39. The van der Waals surface area contributed by atoms with Gasteiger partial charge in [0, 0.05) is 5.56 Å². The zero-order valence-electron chi connectivity index (χ0n) is 14.4. The number of oxime groups is 1. The summed E-state index contributed by atoms with van der Waals surface area (Å²) in [7, 11) is -1.39. The topological polar surface area (TPSA) is 51.0 Å². The molecule has 0 amide bonds. The number of aryl methyl sites for hydroxylation is 1. The van der Waals surface area contributed by atoms with Crippen molar-refractivity contribution in [2.24, 2.45) is 5.16 Å². The van der Waals surface area contributed by atoms with Crippen LogP contribution in [0.5, 0.6) is 11.5 Å². The molecule has 0 bridgehead atoms. The third-order valence-electron chi connectivity index (χ3n) is 3.76. The van der Waals surface area contributed by atoms with Gasteiger partial charge in [0.2, 0.25) is 0 Å². The molecule has 3 aromatic carbocycles. The molecule has 0 fully saturated rings. The van der Waals surface area contributed by atoms with Crippen molar-refractivity contribution in [1.29, 1.82) is 0 Å². The molecule has 0 saturated carbocycles.